The van der Waals surface area contributed by atoms with Gasteiger partial charge in [-0.2, -0.15) is 0 Å². The van der Waals surface area contributed by atoms with E-state index in [4.69, 9.17) is 4.74 Å². The Hall–Kier alpha value is -2.82. The maximum absolute atomic E-state index is 12.7. The second kappa shape index (κ2) is 8.71. The second-order valence-electron chi connectivity index (χ2n) is 7.24. The standard InChI is InChI=1S/C22H26N2O3/c1-16(2)15-27-20-11-4-3-10-19(20)21(25)23-18-9-7-8-17(14-18)22(26)24-12-5-6-13-24/h3-4,7-11,14,16H,5-6,12-13,15H2,1-2H3,(H,23,25). The predicted octanol–water partition coefficient (Wildman–Crippen LogP) is 4.21. The third kappa shape index (κ3) is 4.88. The third-order valence-corrected chi connectivity index (χ3v) is 4.46. The minimum Gasteiger partial charge on any atom is -0.492 e. The minimum absolute atomic E-state index is 0.0178. The molecule has 0 unspecified atom stereocenters. The van der Waals surface area contributed by atoms with Crippen LogP contribution in [0.3, 0.4) is 0 Å². The highest BCUT2D eigenvalue weighted by Gasteiger charge is 2.20. The summed E-state index contributed by atoms with van der Waals surface area (Å²) in [4.78, 5) is 27.1. The van der Waals surface area contributed by atoms with Gasteiger partial charge < -0.3 is 15.0 Å². The summed E-state index contributed by atoms with van der Waals surface area (Å²) in [7, 11) is 0. The average molecular weight is 366 g/mol. The summed E-state index contributed by atoms with van der Waals surface area (Å²) >= 11 is 0. The lowest BCUT2D eigenvalue weighted by atomic mass is 10.1. The smallest absolute Gasteiger partial charge is 0.259 e. The van der Waals surface area contributed by atoms with Crippen LogP contribution in [0.1, 0.15) is 47.4 Å². The van der Waals surface area contributed by atoms with Gasteiger partial charge >= 0.3 is 0 Å². The molecule has 0 aliphatic carbocycles. The first-order chi connectivity index (χ1) is 13.0. The Labute approximate surface area is 160 Å². The molecule has 2 aromatic carbocycles. The van der Waals surface area contributed by atoms with Crippen LogP contribution in [-0.4, -0.2) is 36.4 Å². The van der Waals surface area contributed by atoms with Crippen molar-refractivity contribution in [1.29, 1.82) is 0 Å². The van der Waals surface area contributed by atoms with Crippen molar-refractivity contribution in [2.45, 2.75) is 26.7 Å². The molecule has 1 heterocycles. The fourth-order valence-corrected chi connectivity index (χ4v) is 3.07. The Morgan fingerprint density at radius 2 is 1.81 bits per heavy atom. The Balaban J connectivity index is 1.73. The van der Waals surface area contributed by atoms with E-state index in [2.05, 4.69) is 19.2 Å². The first-order valence-electron chi connectivity index (χ1n) is 9.47. The number of rotatable bonds is 6. The number of hydrogen-bond acceptors (Lipinski definition) is 3. The Kier molecular flexibility index (Phi) is 6.12. The maximum Gasteiger partial charge on any atom is 0.259 e. The van der Waals surface area contributed by atoms with E-state index in [9.17, 15) is 9.59 Å². The Bertz CT molecular complexity index is 811. The number of carbonyl (C=O) groups excluding carboxylic acids is 2. The zero-order valence-electron chi connectivity index (χ0n) is 15.9. The molecule has 142 valence electrons. The molecule has 0 aromatic heterocycles. The molecule has 2 aromatic rings. The molecule has 1 fully saturated rings. The first kappa shape index (κ1) is 19.0. The number of para-hydroxylation sites is 1. The van der Waals surface area contributed by atoms with Gasteiger partial charge in [0, 0.05) is 24.3 Å². The molecule has 1 aliphatic heterocycles. The Morgan fingerprint density at radius 1 is 1.07 bits per heavy atom. The van der Waals surface area contributed by atoms with Crippen LogP contribution in [0.25, 0.3) is 0 Å². The van der Waals surface area contributed by atoms with Crippen LogP contribution in [0.15, 0.2) is 48.5 Å². The van der Waals surface area contributed by atoms with Gasteiger partial charge in [0.1, 0.15) is 5.75 Å². The highest BCUT2D eigenvalue weighted by Crippen LogP contribution is 2.21. The molecule has 1 aliphatic rings. The van der Waals surface area contributed by atoms with E-state index in [-0.39, 0.29) is 11.8 Å². The van der Waals surface area contributed by atoms with E-state index in [0.717, 1.165) is 25.9 Å². The lowest BCUT2D eigenvalue weighted by Crippen LogP contribution is -2.27. The number of anilines is 1. The summed E-state index contributed by atoms with van der Waals surface area (Å²) in [5, 5.41) is 2.88. The number of hydrogen-bond donors (Lipinski definition) is 1. The zero-order chi connectivity index (χ0) is 19.2. The van der Waals surface area contributed by atoms with E-state index >= 15 is 0 Å². The highest BCUT2D eigenvalue weighted by atomic mass is 16.5. The molecule has 1 saturated heterocycles. The van der Waals surface area contributed by atoms with Crippen molar-refractivity contribution in [3.63, 3.8) is 0 Å². The lowest BCUT2D eigenvalue weighted by Gasteiger charge is -2.16. The van der Waals surface area contributed by atoms with Gasteiger partial charge in [0.2, 0.25) is 0 Å². The van der Waals surface area contributed by atoms with E-state index in [1.54, 1.807) is 36.4 Å². The number of nitrogens with zero attached hydrogens (tertiary/aromatic N) is 1. The third-order valence-electron chi connectivity index (χ3n) is 4.46. The number of carbonyl (C=O) groups is 2. The van der Waals surface area contributed by atoms with Crippen molar-refractivity contribution in [3.8, 4) is 5.75 Å². The number of benzene rings is 2. The number of likely N-dealkylation sites (tertiary alicyclic amines) is 1. The van der Waals surface area contributed by atoms with Crippen LogP contribution in [-0.2, 0) is 0 Å². The van der Waals surface area contributed by atoms with E-state index in [1.165, 1.54) is 0 Å². The van der Waals surface area contributed by atoms with Gasteiger partial charge in [-0.1, -0.05) is 32.0 Å². The fourth-order valence-electron chi connectivity index (χ4n) is 3.07. The zero-order valence-corrected chi connectivity index (χ0v) is 15.9. The molecule has 0 radical (unpaired) electrons. The number of nitrogens with one attached hydrogen (secondary N) is 1. The van der Waals surface area contributed by atoms with Gasteiger partial charge in [0.25, 0.3) is 11.8 Å². The topological polar surface area (TPSA) is 58.6 Å². The summed E-state index contributed by atoms with van der Waals surface area (Å²) in [5.74, 6) is 0.701. The maximum atomic E-state index is 12.7. The first-order valence-corrected chi connectivity index (χ1v) is 9.47. The normalized spacial score (nSPS) is 13.7. The van der Waals surface area contributed by atoms with Crippen molar-refractivity contribution in [1.82, 2.24) is 4.90 Å². The van der Waals surface area contributed by atoms with Crippen molar-refractivity contribution in [2.75, 3.05) is 25.0 Å². The van der Waals surface area contributed by atoms with Gasteiger partial charge in [-0.25, -0.2) is 0 Å². The van der Waals surface area contributed by atoms with Crippen LogP contribution < -0.4 is 10.1 Å². The monoisotopic (exact) mass is 366 g/mol. The predicted molar refractivity (Wildman–Crippen MR) is 106 cm³/mol. The summed E-state index contributed by atoms with van der Waals surface area (Å²) < 4.78 is 5.77. The molecule has 3 rings (SSSR count). The van der Waals surface area contributed by atoms with Gasteiger partial charge in [-0.15, -0.1) is 0 Å². The SMILES string of the molecule is CC(C)COc1ccccc1C(=O)Nc1cccc(C(=O)N2CCCC2)c1. The van der Waals surface area contributed by atoms with E-state index < -0.39 is 0 Å². The molecular weight excluding hydrogens is 340 g/mol. The lowest BCUT2D eigenvalue weighted by molar-refractivity contribution is 0.0792. The van der Waals surface area contributed by atoms with Gasteiger partial charge in [0.05, 0.1) is 12.2 Å². The molecule has 0 spiro atoms. The van der Waals surface area contributed by atoms with Crippen LogP contribution in [0.2, 0.25) is 0 Å². The largest absolute Gasteiger partial charge is 0.492 e. The van der Waals surface area contributed by atoms with Crippen molar-refractivity contribution < 1.29 is 14.3 Å². The average Bonchev–Trinajstić information content (AvgIpc) is 3.21. The quantitative estimate of drug-likeness (QED) is 0.833. The second-order valence-corrected chi connectivity index (χ2v) is 7.24. The van der Waals surface area contributed by atoms with Gasteiger partial charge in [-0.3, -0.25) is 9.59 Å². The fraction of sp³-hybridized carbons (Fsp3) is 0.364. The molecule has 5 heteroatoms. The molecule has 2 amide bonds. The van der Waals surface area contributed by atoms with Crippen molar-refractivity contribution >= 4 is 17.5 Å². The Morgan fingerprint density at radius 3 is 2.56 bits per heavy atom. The molecular formula is C22H26N2O3. The minimum atomic E-state index is -0.250. The molecule has 0 saturated carbocycles. The van der Waals surface area contributed by atoms with Crippen molar-refractivity contribution in [3.05, 3.63) is 59.7 Å². The number of ether oxygens (including phenoxy) is 1. The van der Waals surface area contributed by atoms with Crippen LogP contribution in [0, 0.1) is 5.92 Å². The van der Waals surface area contributed by atoms with Crippen molar-refractivity contribution in [2.24, 2.45) is 5.92 Å². The molecule has 1 N–H and O–H groups in total. The van der Waals surface area contributed by atoms with Gasteiger partial charge in [-0.05, 0) is 49.1 Å². The summed E-state index contributed by atoms with van der Waals surface area (Å²) in [6.45, 7) is 6.27. The van der Waals surface area contributed by atoms with Crippen LogP contribution in [0.5, 0.6) is 5.75 Å². The van der Waals surface area contributed by atoms with Crippen LogP contribution >= 0.6 is 0 Å². The molecule has 5 nitrogen and oxygen atoms in total. The van der Waals surface area contributed by atoms with Crippen LogP contribution in [0.4, 0.5) is 5.69 Å². The molecule has 0 atom stereocenters. The van der Waals surface area contributed by atoms with E-state index in [0.29, 0.717) is 35.1 Å². The molecule has 27 heavy (non-hydrogen) atoms. The summed E-state index contributed by atoms with van der Waals surface area (Å²) in [6, 6.07) is 14.3. The van der Waals surface area contributed by atoms with E-state index in [1.807, 2.05) is 17.0 Å². The summed E-state index contributed by atoms with van der Waals surface area (Å²) in [5.41, 5.74) is 1.68. The number of amides is 2. The van der Waals surface area contributed by atoms with Gasteiger partial charge in [0.15, 0.2) is 0 Å². The highest BCUT2D eigenvalue weighted by molar-refractivity contribution is 6.06. The summed E-state index contributed by atoms with van der Waals surface area (Å²) in [6.07, 6.45) is 2.10. The molecule has 0 bridgehead atoms.